The molecule has 2 saturated carbocycles. The van der Waals surface area contributed by atoms with Crippen LogP contribution in [0.1, 0.15) is 125 Å². The molecular weight excluding hydrogens is 606 g/mol. The Labute approximate surface area is 297 Å². The number of hydrogen-bond donors (Lipinski definition) is 3. The summed E-state index contributed by atoms with van der Waals surface area (Å²) in [4.78, 5) is 32.4. The van der Waals surface area contributed by atoms with E-state index < -0.39 is 0 Å². The highest BCUT2D eigenvalue weighted by Gasteiger charge is 2.50. The number of amides is 2. The molecule has 1 heterocycles. The van der Waals surface area contributed by atoms with Gasteiger partial charge in [-0.25, -0.2) is 0 Å². The van der Waals surface area contributed by atoms with E-state index in [1.54, 1.807) is 0 Å². The zero-order valence-corrected chi connectivity index (χ0v) is 31.5. The molecule has 3 aliphatic rings. The molecule has 270 valence electrons. The standard InChI is InChI=1S/C42H65N5O2/c1-29-37(40(48)44-27-38-30(2)42(31(3)45-41(38)49)23-13-11-9-7-8-10-12-14-24-42)25-34(33-17-15-32(16-18-33)28-46(4)5)26-39(29)47(6)36-21-19-35(43)20-22-36/h15-18,25-26,30-31,35-36,38H,7-14,19-24,27-28,43H2,1-6H3,(H,44,48)(H,45,49). The summed E-state index contributed by atoms with van der Waals surface area (Å²) in [5.41, 5.74) is 12.5. The molecule has 4 N–H and O–H groups in total. The lowest BCUT2D eigenvalue weighted by Crippen LogP contribution is -2.61. The van der Waals surface area contributed by atoms with Crippen LogP contribution in [0.15, 0.2) is 36.4 Å². The largest absolute Gasteiger partial charge is 0.371 e. The summed E-state index contributed by atoms with van der Waals surface area (Å²) in [6.07, 6.45) is 16.8. The number of nitrogens with two attached hydrogens (primary N) is 1. The van der Waals surface area contributed by atoms with Crippen molar-refractivity contribution in [1.29, 1.82) is 0 Å². The van der Waals surface area contributed by atoms with Gasteiger partial charge in [-0.15, -0.1) is 0 Å². The second-order valence-electron chi connectivity index (χ2n) is 16.2. The molecule has 49 heavy (non-hydrogen) atoms. The zero-order chi connectivity index (χ0) is 35.1. The van der Waals surface area contributed by atoms with Crippen LogP contribution >= 0.6 is 0 Å². The molecule has 3 unspecified atom stereocenters. The first-order valence-corrected chi connectivity index (χ1v) is 19.5. The first-order chi connectivity index (χ1) is 23.5. The van der Waals surface area contributed by atoms with Crippen molar-refractivity contribution in [2.45, 2.75) is 135 Å². The number of anilines is 1. The molecule has 2 aromatic carbocycles. The molecule has 7 nitrogen and oxygen atoms in total. The first-order valence-electron chi connectivity index (χ1n) is 19.5. The quantitative estimate of drug-likeness (QED) is 0.266. The Bertz CT molecular complexity index is 1380. The van der Waals surface area contributed by atoms with E-state index in [0.29, 0.717) is 18.2 Å². The topological polar surface area (TPSA) is 90.7 Å². The summed E-state index contributed by atoms with van der Waals surface area (Å²) in [7, 11) is 6.34. The van der Waals surface area contributed by atoms with Gasteiger partial charge in [0.15, 0.2) is 0 Å². The number of rotatable bonds is 8. The highest BCUT2D eigenvalue weighted by molar-refractivity contribution is 5.99. The third-order valence-corrected chi connectivity index (χ3v) is 12.7. The minimum atomic E-state index is -0.244. The molecule has 2 aromatic rings. The normalized spacial score (nSPS) is 26.5. The second kappa shape index (κ2) is 16.9. The van der Waals surface area contributed by atoms with Crippen molar-refractivity contribution in [3.8, 4) is 11.1 Å². The third kappa shape index (κ3) is 8.89. The van der Waals surface area contributed by atoms with Crippen LogP contribution < -0.4 is 21.3 Å². The van der Waals surface area contributed by atoms with E-state index in [0.717, 1.165) is 67.4 Å². The van der Waals surface area contributed by atoms with E-state index in [1.165, 1.54) is 56.9 Å². The molecule has 1 saturated heterocycles. The first kappa shape index (κ1) is 37.4. The molecule has 0 bridgehead atoms. The van der Waals surface area contributed by atoms with Crippen LogP contribution in [0, 0.1) is 24.2 Å². The van der Waals surface area contributed by atoms with Gasteiger partial charge in [-0.2, -0.15) is 0 Å². The summed E-state index contributed by atoms with van der Waals surface area (Å²) in [5, 5.41) is 6.68. The predicted molar refractivity (Wildman–Crippen MR) is 204 cm³/mol. The molecule has 1 spiro atoms. The average Bonchev–Trinajstić information content (AvgIpc) is 3.13. The molecule has 2 aliphatic carbocycles. The molecule has 1 aliphatic heterocycles. The Morgan fingerprint density at radius 3 is 2.06 bits per heavy atom. The van der Waals surface area contributed by atoms with E-state index in [-0.39, 0.29) is 41.1 Å². The van der Waals surface area contributed by atoms with Crippen molar-refractivity contribution < 1.29 is 9.59 Å². The fourth-order valence-electron chi connectivity index (χ4n) is 9.36. The van der Waals surface area contributed by atoms with Crippen molar-refractivity contribution in [3.63, 3.8) is 0 Å². The van der Waals surface area contributed by atoms with E-state index in [2.05, 4.69) is 98.7 Å². The van der Waals surface area contributed by atoms with Gasteiger partial charge in [0.1, 0.15) is 0 Å². The third-order valence-electron chi connectivity index (χ3n) is 12.7. The summed E-state index contributed by atoms with van der Waals surface area (Å²) < 4.78 is 0. The molecule has 0 radical (unpaired) electrons. The number of carbonyl (C=O) groups is 2. The van der Waals surface area contributed by atoms with Crippen molar-refractivity contribution in [2.24, 2.45) is 23.0 Å². The van der Waals surface area contributed by atoms with Crippen molar-refractivity contribution in [1.82, 2.24) is 15.5 Å². The Morgan fingerprint density at radius 2 is 1.47 bits per heavy atom. The van der Waals surface area contributed by atoms with E-state index in [1.807, 2.05) is 0 Å². The Hall–Kier alpha value is -2.90. The van der Waals surface area contributed by atoms with E-state index in [4.69, 9.17) is 5.73 Å². The van der Waals surface area contributed by atoms with Gasteiger partial charge in [0.2, 0.25) is 5.91 Å². The van der Waals surface area contributed by atoms with Crippen molar-refractivity contribution >= 4 is 17.5 Å². The van der Waals surface area contributed by atoms with Gasteiger partial charge in [-0.3, -0.25) is 9.59 Å². The maximum atomic E-state index is 14.2. The molecular formula is C42H65N5O2. The minimum Gasteiger partial charge on any atom is -0.371 e. The number of hydrogen-bond acceptors (Lipinski definition) is 5. The van der Waals surface area contributed by atoms with Gasteiger partial charge in [-0.1, -0.05) is 82.6 Å². The fraction of sp³-hybridized carbons (Fsp3) is 0.667. The lowest BCUT2D eigenvalue weighted by Gasteiger charge is -2.51. The molecule has 0 aromatic heterocycles. The smallest absolute Gasteiger partial charge is 0.251 e. The average molecular weight is 672 g/mol. The van der Waals surface area contributed by atoms with Crippen LogP contribution in [0.25, 0.3) is 11.1 Å². The maximum Gasteiger partial charge on any atom is 0.251 e. The van der Waals surface area contributed by atoms with Crippen LogP contribution in [-0.2, 0) is 11.3 Å². The van der Waals surface area contributed by atoms with Crippen LogP contribution in [0.2, 0.25) is 0 Å². The summed E-state index contributed by atoms with van der Waals surface area (Å²) >= 11 is 0. The molecule has 2 amide bonds. The van der Waals surface area contributed by atoms with Crippen LogP contribution in [-0.4, -0.2) is 62.5 Å². The van der Waals surface area contributed by atoms with Gasteiger partial charge < -0.3 is 26.2 Å². The van der Waals surface area contributed by atoms with Crippen molar-refractivity contribution in [2.75, 3.05) is 32.6 Å². The summed E-state index contributed by atoms with van der Waals surface area (Å²) in [5.74, 6) is -0.0603. The van der Waals surface area contributed by atoms with E-state index >= 15 is 0 Å². The lowest BCUT2D eigenvalue weighted by molar-refractivity contribution is -0.137. The SMILES string of the molecule is Cc1c(C(=O)NCC2C(=O)NC(C)C3(CCCCCCCCCC3)C2C)cc(-c2ccc(CN(C)C)cc2)cc1N(C)C1CCC(N)CC1. The van der Waals surface area contributed by atoms with Gasteiger partial charge in [0, 0.05) is 49.5 Å². The zero-order valence-electron chi connectivity index (χ0n) is 31.5. The van der Waals surface area contributed by atoms with Crippen molar-refractivity contribution in [3.05, 3.63) is 53.1 Å². The Morgan fingerprint density at radius 1 is 0.878 bits per heavy atom. The van der Waals surface area contributed by atoms with Crippen LogP contribution in [0.5, 0.6) is 0 Å². The Balaban J connectivity index is 1.41. The number of benzene rings is 2. The number of carbonyl (C=O) groups excluding carboxylic acids is 2. The highest BCUT2D eigenvalue weighted by Crippen LogP contribution is 2.48. The van der Waals surface area contributed by atoms with E-state index in [9.17, 15) is 9.59 Å². The number of nitrogens with one attached hydrogen (secondary N) is 2. The van der Waals surface area contributed by atoms with Crippen LogP contribution in [0.4, 0.5) is 5.69 Å². The highest BCUT2D eigenvalue weighted by atomic mass is 16.2. The minimum absolute atomic E-state index is 0.0701. The van der Waals surface area contributed by atoms with Gasteiger partial charge in [0.25, 0.3) is 5.91 Å². The maximum absolute atomic E-state index is 14.2. The summed E-state index contributed by atoms with van der Waals surface area (Å²) in [6, 6.07) is 13.8. The number of nitrogens with zero attached hydrogens (tertiary/aromatic N) is 2. The van der Waals surface area contributed by atoms with Gasteiger partial charge >= 0.3 is 0 Å². The monoisotopic (exact) mass is 672 g/mol. The van der Waals surface area contributed by atoms with Gasteiger partial charge in [0.05, 0.1) is 5.92 Å². The van der Waals surface area contributed by atoms with Gasteiger partial charge in [-0.05, 0) is 112 Å². The fourth-order valence-corrected chi connectivity index (χ4v) is 9.36. The predicted octanol–water partition coefficient (Wildman–Crippen LogP) is 7.83. The summed E-state index contributed by atoms with van der Waals surface area (Å²) in [6.45, 7) is 7.83. The van der Waals surface area contributed by atoms with Crippen LogP contribution in [0.3, 0.4) is 0 Å². The molecule has 3 atom stereocenters. The Kier molecular flexibility index (Phi) is 12.9. The molecule has 7 heteroatoms. The molecule has 3 fully saturated rings. The lowest BCUT2D eigenvalue weighted by atomic mass is 9.59. The second-order valence-corrected chi connectivity index (χ2v) is 16.2. The molecule has 5 rings (SSSR count). The number of piperidine rings is 1.